The minimum atomic E-state index is -3.66. The lowest BCUT2D eigenvalue weighted by Gasteiger charge is -2.19. The molecule has 1 atom stereocenters. The van der Waals surface area contributed by atoms with E-state index in [1.807, 2.05) is 24.3 Å². The summed E-state index contributed by atoms with van der Waals surface area (Å²) in [5.74, 6) is 0.0374. The zero-order chi connectivity index (χ0) is 22.2. The van der Waals surface area contributed by atoms with Crippen molar-refractivity contribution >= 4 is 21.6 Å². The molecule has 0 aromatic heterocycles. The molecule has 2 aromatic rings. The van der Waals surface area contributed by atoms with E-state index in [2.05, 4.69) is 10.0 Å². The second kappa shape index (κ2) is 8.52. The lowest BCUT2D eigenvalue weighted by atomic mass is 9.92. The van der Waals surface area contributed by atoms with Gasteiger partial charge in [0.1, 0.15) is 0 Å². The molecule has 1 saturated heterocycles. The molecule has 3 aliphatic rings. The number of anilines is 1. The molecule has 1 unspecified atom stereocenters. The summed E-state index contributed by atoms with van der Waals surface area (Å²) in [5, 5.41) is 3.05. The normalized spacial score (nSPS) is 21.6. The van der Waals surface area contributed by atoms with E-state index in [1.54, 1.807) is 18.2 Å². The predicted octanol–water partition coefficient (Wildman–Crippen LogP) is 3.69. The first kappa shape index (κ1) is 21.5. The Bertz CT molecular complexity index is 1100. The maximum absolute atomic E-state index is 12.9. The number of carbonyl (C=O) groups is 1. The molecule has 2 N–H and O–H groups in total. The Morgan fingerprint density at radius 1 is 1.00 bits per heavy atom. The molecule has 0 spiro atoms. The standard InChI is InChI=1S/C25H30N2O4S/c28-24(26-17-22-6-3-15-31-22)25(13-14-25)20-8-10-21(11-9-20)27-32(29,30)23-12-7-18-4-1-2-5-19(18)16-23/h7-12,16,22,27H,1-6,13-15,17H2,(H,26,28). The number of amides is 1. The average molecular weight is 455 g/mol. The number of benzene rings is 2. The molecule has 1 saturated carbocycles. The van der Waals surface area contributed by atoms with Crippen LogP contribution in [0, 0.1) is 0 Å². The molecule has 1 heterocycles. The number of sulfonamides is 1. The van der Waals surface area contributed by atoms with E-state index in [0.29, 0.717) is 17.1 Å². The third kappa shape index (κ3) is 4.28. The summed E-state index contributed by atoms with van der Waals surface area (Å²) in [5.41, 5.74) is 3.33. The summed E-state index contributed by atoms with van der Waals surface area (Å²) in [6, 6.07) is 12.7. The molecule has 7 heteroatoms. The second-order valence-corrected chi connectivity index (χ2v) is 10.9. The largest absolute Gasteiger partial charge is 0.376 e. The van der Waals surface area contributed by atoms with Crippen molar-refractivity contribution < 1.29 is 17.9 Å². The number of hydrogen-bond acceptors (Lipinski definition) is 4. The summed E-state index contributed by atoms with van der Waals surface area (Å²) in [4.78, 5) is 13.1. The van der Waals surface area contributed by atoms with E-state index >= 15 is 0 Å². The van der Waals surface area contributed by atoms with Gasteiger partial charge in [-0.1, -0.05) is 18.2 Å². The van der Waals surface area contributed by atoms with Gasteiger partial charge >= 0.3 is 0 Å². The summed E-state index contributed by atoms with van der Waals surface area (Å²) < 4.78 is 34.1. The highest BCUT2D eigenvalue weighted by Crippen LogP contribution is 2.48. The second-order valence-electron chi connectivity index (χ2n) is 9.25. The van der Waals surface area contributed by atoms with Crippen LogP contribution in [-0.2, 0) is 37.8 Å². The van der Waals surface area contributed by atoms with Crippen molar-refractivity contribution in [3.05, 3.63) is 59.2 Å². The topological polar surface area (TPSA) is 84.5 Å². The maximum atomic E-state index is 12.9. The van der Waals surface area contributed by atoms with E-state index in [-0.39, 0.29) is 12.0 Å². The first-order valence-corrected chi connectivity index (χ1v) is 13.1. The van der Waals surface area contributed by atoms with Crippen LogP contribution < -0.4 is 10.0 Å². The Morgan fingerprint density at radius 3 is 2.44 bits per heavy atom. The lowest BCUT2D eigenvalue weighted by Crippen LogP contribution is -2.39. The predicted molar refractivity (Wildman–Crippen MR) is 123 cm³/mol. The van der Waals surface area contributed by atoms with E-state index in [9.17, 15) is 13.2 Å². The Labute approximate surface area is 189 Å². The summed E-state index contributed by atoms with van der Waals surface area (Å²) in [7, 11) is -3.66. The van der Waals surface area contributed by atoms with Crippen molar-refractivity contribution in [1.29, 1.82) is 0 Å². The number of aryl methyl sites for hydroxylation is 2. The smallest absolute Gasteiger partial charge is 0.261 e. The Balaban J connectivity index is 1.26. The first-order valence-electron chi connectivity index (χ1n) is 11.6. The number of rotatable bonds is 7. The quantitative estimate of drug-likeness (QED) is 0.668. The van der Waals surface area contributed by atoms with Crippen LogP contribution in [0.1, 0.15) is 55.2 Å². The molecule has 2 aromatic carbocycles. The SMILES string of the molecule is O=C(NCC1CCCO1)C1(c2ccc(NS(=O)(=O)c3ccc4c(c3)CCCC4)cc2)CC1. The van der Waals surface area contributed by atoms with Gasteiger partial charge in [0.2, 0.25) is 5.91 Å². The third-order valence-corrected chi connectivity index (χ3v) is 8.40. The van der Waals surface area contributed by atoms with Gasteiger partial charge in [-0.25, -0.2) is 8.42 Å². The third-order valence-electron chi connectivity index (χ3n) is 7.02. The summed E-state index contributed by atoms with van der Waals surface area (Å²) in [6.45, 7) is 1.33. The van der Waals surface area contributed by atoms with E-state index in [0.717, 1.165) is 69.1 Å². The number of carbonyl (C=O) groups excluding carboxylic acids is 1. The van der Waals surface area contributed by atoms with E-state index < -0.39 is 15.4 Å². The fraction of sp³-hybridized carbons (Fsp3) is 0.480. The van der Waals surface area contributed by atoms with Crippen LogP contribution in [0.25, 0.3) is 0 Å². The first-order chi connectivity index (χ1) is 15.5. The van der Waals surface area contributed by atoms with Crippen LogP contribution in [-0.4, -0.2) is 33.6 Å². The van der Waals surface area contributed by atoms with Crippen LogP contribution >= 0.6 is 0 Å². The number of fused-ring (bicyclic) bond motifs is 1. The van der Waals surface area contributed by atoms with Crippen LogP contribution in [0.4, 0.5) is 5.69 Å². The summed E-state index contributed by atoms with van der Waals surface area (Å²) in [6.07, 6.45) is 8.01. The van der Waals surface area contributed by atoms with Crippen molar-refractivity contribution in [2.24, 2.45) is 0 Å². The molecule has 170 valence electrons. The molecule has 2 aliphatic carbocycles. The molecule has 6 nitrogen and oxygen atoms in total. The van der Waals surface area contributed by atoms with Gasteiger partial charge in [0, 0.05) is 18.8 Å². The molecule has 1 aliphatic heterocycles. The van der Waals surface area contributed by atoms with E-state index in [4.69, 9.17) is 4.74 Å². The molecule has 5 rings (SSSR count). The summed E-state index contributed by atoms with van der Waals surface area (Å²) >= 11 is 0. The van der Waals surface area contributed by atoms with Gasteiger partial charge in [0.25, 0.3) is 10.0 Å². The van der Waals surface area contributed by atoms with Gasteiger partial charge in [-0.3, -0.25) is 9.52 Å². The fourth-order valence-electron chi connectivity index (χ4n) is 4.90. The van der Waals surface area contributed by atoms with Crippen LogP contribution in [0.5, 0.6) is 0 Å². The monoisotopic (exact) mass is 454 g/mol. The molecule has 1 amide bonds. The van der Waals surface area contributed by atoms with Crippen molar-refractivity contribution in [3.63, 3.8) is 0 Å². The molecule has 32 heavy (non-hydrogen) atoms. The maximum Gasteiger partial charge on any atom is 0.261 e. The van der Waals surface area contributed by atoms with E-state index in [1.165, 1.54) is 5.56 Å². The van der Waals surface area contributed by atoms with Gasteiger partial charge in [-0.15, -0.1) is 0 Å². The number of ether oxygens (including phenoxy) is 1. The Hall–Kier alpha value is -2.38. The highest BCUT2D eigenvalue weighted by molar-refractivity contribution is 7.92. The average Bonchev–Trinajstić information content (AvgIpc) is 3.45. The van der Waals surface area contributed by atoms with Crippen LogP contribution in [0.2, 0.25) is 0 Å². The lowest BCUT2D eigenvalue weighted by molar-refractivity contribution is -0.124. The number of hydrogen-bond donors (Lipinski definition) is 2. The Morgan fingerprint density at radius 2 is 1.75 bits per heavy atom. The zero-order valence-corrected chi connectivity index (χ0v) is 19.0. The highest BCUT2D eigenvalue weighted by atomic mass is 32.2. The van der Waals surface area contributed by atoms with Gasteiger partial charge in [-0.05, 0) is 92.3 Å². The molecular formula is C25H30N2O4S. The Kier molecular flexibility index (Phi) is 5.72. The molecular weight excluding hydrogens is 424 g/mol. The van der Waals surface area contributed by atoms with Gasteiger partial charge < -0.3 is 10.1 Å². The minimum absolute atomic E-state index is 0.0374. The van der Waals surface area contributed by atoms with Crippen molar-refractivity contribution in [1.82, 2.24) is 5.32 Å². The van der Waals surface area contributed by atoms with Gasteiger partial charge in [0.15, 0.2) is 0 Å². The minimum Gasteiger partial charge on any atom is -0.376 e. The van der Waals surface area contributed by atoms with Crippen molar-refractivity contribution in [2.45, 2.75) is 67.8 Å². The van der Waals surface area contributed by atoms with Crippen molar-refractivity contribution in [2.75, 3.05) is 17.9 Å². The number of nitrogens with one attached hydrogen (secondary N) is 2. The van der Waals surface area contributed by atoms with Crippen LogP contribution in [0.3, 0.4) is 0 Å². The van der Waals surface area contributed by atoms with Crippen LogP contribution in [0.15, 0.2) is 47.4 Å². The molecule has 0 radical (unpaired) electrons. The molecule has 0 bridgehead atoms. The fourth-order valence-corrected chi connectivity index (χ4v) is 6.01. The van der Waals surface area contributed by atoms with Gasteiger partial charge in [0.05, 0.1) is 16.4 Å². The molecule has 2 fully saturated rings. The highest BCUT2D eigenvalue weighted by Gasteiger charge is 2.51. The zero-order valence-electron chi connectivity index (χ0n) is 18.2. The van der Waals surface area contributed by atoms with Gasteiger partial charge in [-0.2, -0.15) is 0 Å². The van der Waals surface area contributed by atoms with Crippen molar-refractivity contribution in [3.8, 4) is 0 Å².